The third-order valence-electron chi connectivity index (χ3n) is 3.99. The predicted octanol–water partition coefficient (Wildman–Crippen LogP) is 1.52. The number of nitrogens with one attached hydrogen (secondary N) is 1. The second kappa shape index (κ2) is 6.44. The van der Waals surface area contributed by atoms with E-state index < -0.39 is 0 Å². The minimum absolute atomic E-state index is 0.0607. The molecule has 3 rings (SSSR count). The minimum Gasteiger partial charge on any atom is -0.352 e. The average Bonchev–Trinajstić information content (AvgIpc) is 3.22. The number of rotatable bonds is 7. The highest BCUT2D eigenvalue weighted by atomic mass is 16.1. The lowest BCUT2D eigenvalue weighted by molar-refractivity contribution is 0.0953. The Hall–Kier alpha value is -1.95. The lowest BCUT2D eigenvalue weighted by atomic mass is 10.2. The van der Waals surface area contributed by atoms with Crippen LogP contribution >= 0.6 is 0 Å². The highest BCUT2D eigenvalue weighted by Crippen LogP contribution is 2.32. The highest BCUT2D eigenvalue weighted by Gasteiger charge is 2.24. The number of hydrogen-bond donors (Lipinski definition) is 1. The molecule has 0 bridgehead atoms. The minimum atomic E-state index is -0.0607. The van der Waals surface area contributed by atoms with E-state index >= 15 is 0 Å². The van der Waals surface area contributed by atoms with Gasteiger partial charge in [0.15, 0.2) is 0 Å². The third kappa shape index (κ3) is 3.44. The van der Waals surface area contributed by atoms with E-state index in [2.05, 4.69) is 24.8 Å². The molecule has 118 valence electrons. The summed E-state index contributed by atoms with van der Waals surface area (Å²) in [5.41, 5.74) is 2.33. The molecule has 6 nitrogen and oxygen atoms in total. The van der Waals surface area contributed by atoms with Crippen molar-refractivity contribution < 1.29 is 4.79 Å². The van der Waals surface area contributed by atoms with Gasteiger partial charge in [-0.15, -0.1) is 0 Å². The quantitative estimate of drug-likeness (QED) is 0.788. The van der Waals surface area contributed by atoms with Crippen molar-refractivity contribution in [2.24, 2.45) is 5.92 Å². The summed E-state index contributed by atoms with van der Waals surface area (Å²) in [7, 11) is 4.06. The van der Waals surface area contributed by atoms with Crippen LogP contribution in [0.2, 0.25) is 0 Å². The van der Waals surface area contributed by atoms with Crippen molar-refractivity contribution in [1.82, 2.24) is 24.8 Å². The van der Waals surface area contributed by atoms with Crippen molar-refractivity contribution in [3.8, 4) is 0 Å². The van der Waals surface area contributed by atoms with Gasteiger partial charge in [-0.25, -0.2) is 4.98 Å². The molecule has 1 N–H and O–H groups in total. The van der Waals surface area contributed by atoms with Gasteiger partial charge in [-0.1, -0.05) is 0 Å². The Morgan fingerprint density at radius 3 is 2.95 bits per heavy atom. The number of imidazole rings is 1. The van der Waals surface area contributed by atoms with Gasteiger partial charge >= 0.3 is 0 Å². The fourth-order valence-electron chi connectivity index (χ4n) is 2.60. The lowest BCUT2D eigenvalue weighted by Crippen LogP contribution is -2.27. The fraction of sp³-hybridized carbons (Fsp3) is 0.562. The van der Waals surface area contributed by atoms with Crippen molar-refractivity contribution in [3.63, 3.8) is 0 Å². The second-order valence-corrected chi connectivity index (χ2v) is 6.31. The molecule has 0 radical (unpaired) electrons. The van der Waals surface area contributed by atoms with Crippen LogP contribution in [-0.4, -0.2) is 52.5 Å². The zero-order chi connectivity index (χ0) is 15.5. The fourth-order valence-corrected chi connectivity index (χ4v) is 2.60. The SMILES string of the molecule is CN(C)CCCNC(=O)c1cncc2ncn(CC3CC3)c12. The van der Waals surface area contributed by atoms with Crippen LogP contribution in [0.3, 0.4) is 0 Å². The van der Waals surface area contributed by atoms with Crippen molar-refractivity contribution in [1.29, 1.82) is 0 Å². The molecular weight excluding hydrogens is 278 g/mol. The first kappa shape index (κ1) is 15.0. The zero-order valence-electron chi connectivity index (χ0n) is 13.2. The number of carbonyl (C=O) groups excluding carboxylic acids is 1. The molecule has 2 aromatic heterocycles. The number of carbonyl (C=O) groups is 1. The Kier molecular flexibility index (Phi) is 4.38. The Morgan fingerprint density at radius 2 is 2.23 bits per heavy atom. The molecule has 0 atom stereocenters. The topological polar surface area (TPSA) is 63.1 Å². The molecule has 22 heavy (non-hydrogen) atoms. The van der Waals surface area contributed by atoms with Gasteiger partial charge < -0.3 is 14.8 Å². The van der Waals surface area contributed by atoms with Crippen LogP contribution in [0.15, 0.2) is 18.7 Å². The summed E-state index contributed by atoms with van der Waals surface area (Å²) in [5.74, 6) is 0.677. The number of amides is 1. The average molecular weight is 301 g/mol. The first-order valence-electron chi connectivity index (χ1n) is 7.87. The molecule has 1 saturated carbocycles. The van der Waals surface area contributed by atoms with Crippen LogP contribution in [0.1, 0.15) is 29.6 Å². The molecule has 0 saturated heterocycles. The Morgan fingerprint density at radius 1 is 1.41 bits per heavy atom. The Bertz CT molecular complexity index is 660. The third-order valence-corrected chi connectivity index (χ3v) is 3.99. The van der Waals surface area contributed by atoms with Gasteiger partial charge in [0.1, 0.15) is 5.52 Å². The maximum absolute atomic E-state index is 12.4. The lowest BCUT2D eigenvalue weighted by Gasteiger charge is -2.11. The molecule has 1 amide bonds. The van der Waals surface area contributed by atoms with E-state index in [-0.39, 0.29) is 5.91 Å². The van der Waals surface area contributed by atoms with E-state index in [1.165, 1.54) is 12.8 Å². The Labute approximate surface area is 130 Å². The predicted molar refractivity (Wildman–Crippen MR) is 85.8 cm³/mol. The largest absolute Gasteiger partial charge is 0.352 e. The normalized spacial score (nSPS) is 14.7. The maximum Gasteiger partial charge on any atom is 0.255 e. The first-order valence-corrected chi connectivity index (χ1v) is 7.87. The van der Waals surface area contributed by atoms with E-state index in [0.29, 0.717) is 12.1 Å². The summed E-state index contributed by atoms with van der Waals surface area (Å²) in [4.78, 5) is 23.1. The zero-order valence-corrected chi connectivity index (χ0v) is 13.2. The molecule has 6 heteroatoms. The molecule has 0 aliphatic heterocycles. The number of pyridine rings is 1. The summed E-state index contributed by atoms with van der Waals surface area (Å²) >= 11 is 0. The maximum atomic E-state index is 12.4. The van der Waals surface area contributed by atoms with Crippen molar-refractivity contribution >= 4 is 16.9 Å². The van der Waals surface area contributed by atoms with Gasteiger partial charge in [-0.2, -0.15) is 0 Å². The molecule has 1 aliphatic rings. The molecule has 1 aliphatic carbocycles. The van der Waals surface area contributed by atoms with Gasteiger partial charge in [0.05, 0.1) is 23.6 Å². The number of aromatic nitrogens is 3. The van der Waals surface area contributed by atoms with Crippen LogP contribution in [-0.2, 0) is 6.54 Å². The van der Waals surface area contributed by atoms with E-state index in [9.17, 15) is 4.79 Å². The summed E-state index contributed by atoms with van der Waals surface area (Å²) in [6, 6.07) is 0. The molecule has 2 heterocycles. The van der Waals surface area contributed by atoms with E-state index in [1.807, 2.05) is 20.4 Å². The summed E-state index contributed by atoms with van der Waals surface area (Å²) in [6.45, 7) is 2.58. The van der Waals surface area contributed by atoms with E-state index in [4.69, 9.17) is 0 Å². The van der Waals surface area contributed by atoms with E-state index in [1.54, 1.807) is 12.4 Å². The second-order valence-electron chi connectivity index (χ2n) is 6.31. The number of fused-ring (bicyclic) bond motifs is 1. The van der Waals surface area contributed by atoms with Crippen molar-refractivity contribution in [2.45, 2.75) is 25.8 Å². The van der Waals surface area contributed by atoms with E-state index in [0.717, 1.165) is 36.5 Å². The molecular formula is C16H23N5O. The van der Waals surface area contributed by atoms with Gasteiger partial charge in [0, 0.05) is 19.3 Å². The van der Waals surface area contributed by atoms with Crippen molar-refractivity contribution in [2.75, 3.05) is 27.2 Å². The molecule has 0 spiro atoms. The smallest absolute Gasteiger partial charge is 0.255 e. The van der Waals surface area contributed by atoms with Crippen LogP contribution in [0.4, 0.5) is 0 Å². The standard InChI is InChI=1S/C16H23N5O/c1-20(2)7-3-6-18-16(22)13-8-17-9-14-15(13)21(11-19-14)10-12-4-5-12/h8-9,11-12H,3-7,10H2,1-2H3,(H,18,22). The molecule has 0 unspecified atom stereocenters. The van der Waals surface area contributed by atoms with Crippen molar-refractivity contribution in [3.05, 3.63) is 24.3 Å². The van der Waals surface area contributed by atoms with Gasteiger partial charge in [0.25, 0.3) is 5.91 Å². The van der Waals surface area contributed by atoms with Gasteiger partial charge in [-0.3, -0.25) is 9.78 Å². The number of nitrogens with zero attached hydrogens (tertiary/aromatic N) is 4. The van der Waals surface area contributed by atoms with Gasteiger partial charge in [-0.05, 0) is 45.8 Å². The van der Waals surface area contributed by atoms with Crippen LogP contribution in [0, 0.1) is 5.92 Å². The van der Waals surface area contributed by atoms with Crippen LogP contribution < -0.4 is 5.32 Å². The van der Waals surface area contributed by atoms with Crippen LogP contribution in [0.25, 0.3) is 11.0 Å². The number of hydrogen-bond acceptors (Lipinski definition) is 4. The Balaban J connectivity index is 1.74. The highest BCUT2D eigenvalue weighted by molar-refractivity contribution is 6.04. The van der Waals surface area contributed by atoms with Gasteiger partial charge in [0.2, 0.25) is 0 Å². The monoisotopic (exact) mass is 301 g/mol. The molecule has 1 fully saturated rings. The first-order chi connectivity index (χ1) is 10.6. The summed E-state index contributed by atoms with van der Waals surface area (Å²) < 4.78 is 2.10. The summed E-state index contributed by atoms with van der Waals surface area (Å²) in [6.07, 6.45) is 8.68. The van der Waals surface area contributed by atoms with Crippen LogP contribution in [0.5, 0.6) is 0 Å². The molecule has 0 aromatic carbocycles. The molecule has 2 aromatic rings. The summed E-state index contributed by atoms with van der Waals surface area (Å²) in [5, 5.41) is 2.99.